The van der Waals surface area contributed by atoms with Crippen LogP contribution in [0.15, 0.2) is 42.5 Å². The van der Waals surface area contributed by atoms with Crippen LogP contribution in [0.5, 0.6) is 17.2 Å². The molecule has 0 unspecified atom stereocenters. The molecule has 0 spiro atoms. The highest BCUT2D eigenvalue weighted by Gasteiger charge is 2.16. The minimum atomic E-state index is -0.486. The van der Waals surface area contributed by atoms with Crippen LogP contribution in [0.4, 0.5) is 0 Å². The fourth-order valence-corrected chi connectivity index (χ4v) is 2.22. The molecule has 0 radical (unpaired) electrons. The first-order chi connectivity index (χ1) is 12.1. The third-order valence-corrected chi connectivity index (χ3v) is 3.58. The molecule has 25 heavy (non-hydrogen) atoms. The quantitative estimate of drug-likeness (QED) is 0.542. The van der Waals surface area contributed by atoms with Gasteiger partial charge < -0.3 is 18.9 Å². The summed E-state index contributed by atoms with van der Waals surface area (Å²) in [4.78, 5) is 24.2. The summed E-state index contributed by atoms with van der Waals surface area (Å²) in [7, 11) is 4.54. The van der Waals surface area contributed by atoms with Gasteiger partial charge in [-0.25, -0.2) is 0 Å². The van der Waals surface area contributed by atoms with Crippen LogP contribution in [0.25, 0.3) is 0 Å². The average Bonchev–Trinajstić information content (AvgIpc) is 2.66. The number of esters is 1. The van der Waals surface area contributed by atoms with E-state index in [-0.39, 0.29) is 18.8 Å². The Morgan fingerprint density at radius 2 is 1.48 bits per heavy atom. The standard InChI is InChI=1S/C19H20O6/c1-22-14-6-4-13(5-7-14)10-19(21)25-12-17(20)16-11-15(23-2)8-9-18(16)24-3/h4-9,11H,10,12H2,1-3H3. The molecule has 0 amide bonds. The van der Waals surface area contributed by atoms with E-state index in [9.17, 15) is 9.59 Å². The van der Waals surface area contributed by atoms with Crippen LogP contribution in [-0.2, 0) is 16.0 Å². The smallest absolute Gasteiger partial charge is 0.310 e. The molecular formula is C19H20O6. The second kappa shape index (κ2) is 8.73. The van der Waals surface area contributed by atoms with E-state index in [1.807, 2.05) is 0 Å². The van der Waals surface area contributed by atoms with Gasteiger partial charge in [0.2, 0.25) is 5.78 Å². The van der Waals surface area contributed by atoms with Crippen LogP contribution in [0.1, 0.15) is 15.9 Å². The molecule has 0 bridgehead atoms. The normalized spacial score (nSPS) is 10.0. The van der Waals surface area contributed by atoms with Crippen molar-refractivity contribution in [2.75, 3.05) is 27.9 Å². The van der Waals surface area contributed by atoms with Gasteiger partial charge in [-0.3, -0.25) is 9.59 Å². The Bertz CT molecular complexity index is 736. The first kappa shape index (κ1) is 18.3. The van der Waals surface area contributed by atoms with Crippen molar-refractivity contribution >= 4 is 11.8 Å². The van der Waals surface area contributed by atoms with Crippen LogP contribution in [-0.4, -0.2) is 39.7 Å². The molecule has 0 aliphatic rings. The largest absolute Gasteiger partial charge is 0.497 e. The third kappa shape index (κ3) is 4.97. The van der Waals surface area contributed by atoms with Crippen molar-refractivity contribution in [1.29, 1.82) is 0 Å². The molecule has 2 aromatic carbocycles. The van der Waals surface area contributed by atoms with Gasteiger partial charge in [-0.1, -0.05) is 12.1 Å². The lowest BCUT2D eigenvalue weighted by molar-refractivity contribution is -0.141. The van der Waals surface area contributed by atoms with E-state index in [0.717, 1.165) is 5.56 Å². The zero-order valence-electron chi connectivity index (χ0n) is 14.4. The van der Waals surface area contributed by atoms with E-state index in [2.05, 4.69) is 0 Å². The average molecular weight is 344 g/mol. The monoisotopic (exact) mass is 344 g/mol. The van der Waals surface area contributed by atoms with Crippen molar-refractivity contribution < 1.29 is 28.5 Å². The topological polar surface area (TPSA) is 71.1 Å². The number of hydrogen-bond donors (Lipinski definition) is 0. The predicted octanol–water partition coefficient (Wildman–Crippen LogP) is 2.68. The van der Waals surface area contributed by atoms with E-state index in [1.165, 1.54) is 14.2 Å². The van der Waals surface area contributed by atoms with Gasteiger partial charge in [-0.15, -0.1) is 0 Å². The summed E-state index contributed by atoms with van der Waals surface area (Å²) in [6.07, 6.45) is 0.0759. The molecule has 6 heteroatoms. The Morgan fingerprint density at radius 1 is 0.840 bits per heavy atom. The molecule has 0 aromatic heterocycles. The van der Waals surface area contributed by atoms with Gasteiger partial charge in [0.25, 0.3) is 0 Å². The maximum atomic E-state index is 12.3. The maximum absolute atomic E-state index is 12.3. The van der Waals surface area contributed by atoms with Gasteiger partial charge >= 0.3 is 5.97 Å². The second-order valence-electron chi connectivity index (χ2n) is 5.17. The summed E-state index contributed by atoms with van der Waals surface area (Å²) in [5.41, 5.74) is 1.08. The molecule has 0 aliphatic carbocycles. The molecule has 2 aromatic rings. The molecule has 0 aliphatic heterocycles. The zero-order chi connectivity index (χ0) is 18.2. The summed E-state index contributed by atoms with van der Waals surface area (Å²) in [6.45, 7) is -0.363. The minimum absolute atomic E-state index is 0.0759. The fraction of sp³-hybridized carbons (Fsp3) is 0.263. The lowest BCUT2D eigenvalue weighted by Crippen LogP contribution is -2.16. The molecule has 6 nitrogen and oxygen atoms in total. The Hall–Kier alpha value is -3.02. The Balaban J connectivity index is 1.95. The number of methoxy groups -OCH3 is 3. The molecule has 0 N–H and O–H groups in total. The Morgan fingerprint density at radius 3 is 2.08 bits per heavy atom. The van der Waals surface area contributed by atoms with Crippen molar-refractivity contribution in [3.05, 3.63) is 53.6 Å². The summed E-state index contributed by atoms with van der Waals surface area (Å²) in [5, 5.41) is 0. The van der Waals surface area contributed by atoms with E-state index in [1.54, 1.807) is 49.6 Å². The van der Waals surface area contributed by atoms with E-state index in [0.29, 0.717) is 22.8 Å². The van der Waals surface area contributed by atoms with E-state index >= 15 is 0 Å². The highest BCUT2D eigenvalue weighted by atomic mass is 16.5. The van der Waals surface area contributed by atoms with Crippen molar-refractivity contribution in [2.24, 2.45) is 0 Å². The van der Waals surface area contributed by atoms with Gasteiger partial charge in [0.05, 0.1) is 33.3 Å². The Kier molecular flexibility index (Phi) is 6.39. The first-order valence-corrected chi connectivity index (χ1v) is 7.61. The molecule has 132 valence electrons. The van der Waals surface area contributed by atoms with Crippen LogP contribution >= 0.6 is 0 Å². The van der Waals surface area contributed by atoms with Gasteiger partial charge in [0, 0.05) is 0 Å². The number of rotatable bonds is 8. The molecule has 0 saturated carbocycles. The second-order valence-corrected chi connectivity index (χ2v) is 5.17. The summed E-state index contributed by atoms with van der Waals surface area (Å²) in [5.74, 6) is 0.780. The van der Waals surface area contributed by atoms with Crippen molar-refractivity contribution in [3.63, 3.8) is 0 Å². The highest BCUT2D eigenvalue weighted by molar-refractivity contribution is 6.00. The molecule has 0 atom stereocenters. The zero-order valence-corrected chi connectivity index (χ0v) is 14.4. The third-order valence-electron chi connectivity index (χ3n) is 3.58. The van der Waals surface area contributed by atoms with Gasteiger partial charge in [0.15, 0.2) is 6.61 Å². The number of carbonyl (C=O) groups is 2. The molecule has 2 rings (SSSR count). The summed E-state index contributed by atoms with van der Waals surface area (Å²) in [6, 6.07) is 11.9. The predicted molar refractivity (Wildman–Crippen MR) is 91.5 cm³/mol. The van der Waals surface area contributed by atoms with E-state index < -0.39 is 5.97 Å². The van der Waals surface area contributed by atoms with Crippen molar-refractivity contribution in [3.8, 4) is 17.2 Å². The lowest BCUT2D eigenvalue weighted by Gasteiger charge is -2.10. The van der Waals surface area contributed by atoms with Crippen LogP contribution in [0.2, 0.25) is 0 Å². The Labute approximate surface area is 146 Å². The number of hydrogen-bond acceptors (Lipinski definition) is 6. The van der Waals surface area contributed by atoms with Crippen molar-refractivity contribution in [2.45, 2.75) is 6.42 Å². The van der Waals surface area contributed by atoms with Gasteiger partial charge in [-0.2, -0.15) is 0 Å². The number of ketones is 1. The first-order valence-electron chi connectivity index (χ1n) is 7.61. The maximum Gasteiger partial charge on any atom is 0.310 e. The molecule has 0 saturated heterocycles. The van der Waals surface area contributed by atoms with Gasteiger partial charge in [0.1, 0.15) is 17.2 Å². The van der Waals surface area contributed by atoms with Crippen molar-refractivity contribution in [1.82, 2.24) is 0 Å². The number of ether oxygens (including phenoxy) is 4. The van der Waals surface area contributed by atoms with Crippen LogP contribution in [0.3, 0.4) is 0 Å². The molecular weight excluding hydrogens is 324 g/mol. The van der Waals surface area contributed by atoms with E-state index in [4.69, 9.17) is 18.9 Å². The number of benzene rings is 2. The van der Waals surface area contributed by atoms with Crippen LogP contribution in [0, 0.1) is 0 Å². The highest BCUT2D eigenvalue weighted by Crippen LogP contribution is 2.24. The van der Waals surface area contributed by atoms with Gasteiger partial charge in [-0.05, 0) is 35.9 Å². The SMILES string of the molecule is COc1ccc(CC(=O)OCC(=O)c2cc(OC)ccc2OC)cc1. The molecule has 0 fully saturated rings. The fourth-order valence-electron chi connectivity index (χ4n) is 2.22. The number of carbonyl (C=O) groups excluding carboxylic acids is 2. The van der Waals surface area contributed by atoms with Crippen LogP contribution < -0.4 is 14.2 Å². The molecule has 0 heterocycles. The number of Topliss-reactive ketones (excluding diaryl/α,β-unsaturated/α-hetero) is 1. The summed E-state index contributed by atoms with van der Waals surface area (Å²) >= 11 is 0. The lowest BCUT2D eigenvalue weighted by atomic mass is 10.1. The summed E-state index contributed by atoms with van der Waals surface area (Å²) < 4.78 is 20.4. The minimum Gasteiger partial charge on any atom is -0.497 e.